The van der Waals surface area contributed by atoms with E-state index >= 15 is 0 Å². The number of azide groups is 1. The lowest BCUT2D eigenvalue weighted by atomic mass is 9.81. The summed E-state index contributed by atoms with van der Waals surface area (Å²) >= 11 is 3.49. The molecule has 4 aromatic rings. The molecule has 1 amide bonds. The van der Waals surface area contributed by atoms with Crippen LogP contribution in [0.1, 0.15) is 34.8 Å². The lowest BCUT2D eigenvalue weighted by molar-refractivity contribution is -0.130. The number of hydrazine groups is 1. The molecule has 0 saturated heterocycles. The van der Waals surface area contributed by atoms with Crippen LogP contribution < -0.4 is 25.1 Å². The Bertz CT molecular complexity index is 1810. The maximum absolute atomic E-state index is 14.5. The Morgan fingerprint density at radius 1 is 1.04 bits per heavy atom. The minimum absolute atomic E-state index is 0.0357. The van der Waals surface area contributed by atoms with Crippen LogP contribution in [0.25, 0.3) is 10.4 Å². The number of benzene rings is 4. The molecule has 1 aliphatic heterocycles. The fraction of sp³-hybridized carbons (Fsp3) is 0.278. The molecule has 0 fully saturated rings. The number of amides is 1. The minimum atomic E-state index is -1.53. The predicted molar refractivity (Wildman–Crippen MR) is 189 cm³/mol. The van der Waals surface area contributed by atoms with Crippen LogP contribution in [-0.2, 0) is 22.4 Å². The highest BCUT2D eigenvalue weighted by Gasteiger charge is 2.54. The van der Waals surface area contributed by atoms with E-state index in [1.54, 1.807) is 62.8 Å². The van der Waals surface area contributed by atoms with E-state index < -0.39 is 17.6 Å². The monoisotopic (exact) mass is 728 g/mol. The Morgan fingerprint density at radius 2 is 1.80 bits per heavy atom. The highest BCUT2D eigenvalue weighted by molar-refractivity contribution is 9.10. The van der Waals surface area contributed by atoms with Crippen molar-refractivity contribution in [1.29, 1.82) is 0 Å². The fourth-order valence-electron chi connectivity index (χ4n) is 5.55. The summed E-state index contributed by atoms with van der Waals surface area (Å²) in [6.45, 7) is 0.784. The molecular weight excluding hydrogens is 692 g/mol. The number of nitrogens with zero attached hydrogens (tertiary/aromatic N) is 4. The number of aliphatic hydroxyl groups is 1. The summed E-state index contributed by atoms with van der Waals surface area (Å²) < 4.78 is 24.1. The van der Waals surface area contributed by atoms with Crippen LogP contribution in [0.4, 0.5) is 5.69 Å². The van der Waals surface area contributed by atoms with E-state index in [2.05, 4.69) is 36.8 Å². The number of aliphatic imine (C=N–C) groups is 1. The number of hydrogen-bond donors (Lipinski definition) is 3. The Labute approximate surface area is 292 Å². The number of rotatable bonds is 16. The first-order valence-electron chi connectivity index (χ1n) is 15.6. The lowest BCUT2D eigenvalue weighted by Gasteiger charge is -2.31. The molecule has 254 valence electrons. The normalized spacial score (nSPS) is 16.6. The van der Waals surface area contributed by atoms with E-state index in [1.165, 1.54) is 0 Å². The number of aliphatic hydroxyl groups excluding tert-OH is 1. The molecule has 0 bridgehead atoms. The van der Waals surface area contributed by atoms with Gasteiger partial charge in [-0.2, -0.15) is 0 Å². The second-order valence-corrected chi connectivity index (χ2v) is 12.1. The van der Waals surface area contributed by atoms with E-state index in [-0.39, 0.29) is 18.9 Å². The van der Waals surface area contributed by atoms with Gasteiger partial charge in [-0.25, -0.2) is 10.4 Å². The Morgan fingerprint density at radius 3 is 2.51 bits per heavy atom. The van der Waals surface area contributed by atoms with Crippen molar-refractivity contribution in [2.75, 3.05) is 34.0 Å². The summed E-state index contributed by atoms with van der Waals surface area (Å²) in [4.78, 5) is 22.6. The van der Waals surface area contributed by atoms with E-state index in [9.17, 15) is 10.3 Å². The second kappa shape index (κ2) is 16.8. The summed E-state index contributed by atoms with van der Waals surface area (Å²) in [7, 11) is 3.21. The first kappa shape index (κ1) is 35.2. The number of halogens is 1. The molecule has 49 heavy (non-hydrogen) atoms. The van der Waals surface area contributed by atoms with Crippen molar-refractivity contribution in [3.63, 3.8) is 0 Å². The standard InChI is InChI=1S/C36H37BrN6O6/c1-46-29-16-17-32(47-2)26(22-29)18-19-39-42-35(45)36(23-24-8-12-27(37)13-9-24)33(30-6-3-4-7-31(30)41-43-38)49-34(40-36)25-10-14-28(15-11-25)48-21-5-20-44/h3-4,6-17,22,33,39,44H,5,18-21,23H2,1-2H3,(H,42,45)/t33-,36-/m0/s1. The van der Waals surface area contributed by atoms with Crippen molar-refractivity contribution in [3.8, 4) is 17.2 Å². The number of methoxy groups -OCH3 is 2. The second-order valence-electron chi connectivity index (χ2n) is 11.1. The predicted octanol–water partition coefficient (Wildman–Crippen LogP) is 6.53. The maximum Gasteiger partial charge on any atom is 0.266 e. The molecule has 0 unspecified atom stereocenters. The lowest BCUT2D eigenvalue weighted by Crippen LogP contribution is -2.54. The zero-order valence-corrected chi connectivity index (χ0v) is 28.7. The average molecular weight is 730 g/mol. The van der Waals surface area contributed by atoms with Crippen LogP contribution in [0.3, 0.4) is 0 Å². The first-order valence-corrected chi connectivity index (χ1v) is 16.4. The van der Waals surface area contributed by atoms with Crippen LogP contribution in [-0.4, -0.2) is 56.4 Å². The van der Waals surface area contributed by atoms with Gasteiger partial charge in [-0.15, -0.1) is 0 Å². The van der Waals surface area contributed by atoms with Crippen LogP contribution in [0.5, 0.6) is 17.2 Å². The fourth-order valence-corrected chi connectivity index (χ4v) is 5.81. The van der Waals surface area contributed by atoms with Crippen molar-refractivity contribution in [1.82, 2.24) is 10.9 Å². The third-order valence-electron chi connectivity index (χ3n) is 8.00. The summed E-state index contributed by atoms with van der Waals surface area (Å²) in [5.41, 5.74) is 17.0. The topological polar surface area (TPSA) is 159 Å². The Kier molecular flexibility index (Phi) is 12.1. The molecule has 1 heterocycles. The first-order chi connectivity index (χ1) is 23.9. The molecule has 0 radical (unpaired) electrons. The van der Waals surface area contributed by atoms with Gasteiger partial charge in [-0.1, -0.05) is 57.4 Å². The van der Waals surface area contributed by atoms with Gasteiger partial charge in [0.15, 0.2) is 11.6 Å². The van der Waals surface area contributed by atoms with Crippen molar-refractivity contribution >= 4 is 33.4 Å². The number of hydrogen-bond acceptors (Lipinski definition) is 9. The van der Waals surface area contributed by atoms with Gasteiger partial charge in [0.2, 0.25) is 5.90 Å². The molecule has 12 nitrogen and oxygen atoms in total. The van der Waals surface area contributed by atoms with Gasteiger partial charge in [0, 0.05) is 52.2 Å². The van der Waals surface area contributed by atoms with Crippen LogP contribution >= 0.6 is 15.9 Å². The SMILES string of the molecule is COc1ccc(OC)c(CCNNC(=O)[C@@]2(Cc3ccc(Br)cc3)N=C(c3ccc(OCCCO)cc3)O[C@H]2c2ccccc2N=[N+]=[N-])c1. The third kappa shape index (κ3) is 8.51. The number of ether oxygens (including phenoxy) is 4. The largest absolute Gasteiger partial charge is 0.497 e. The summed E-state index contributed by atoms with van der Waals surface area (Å²) in [5.74, 6) is 1.84. The van der Waals surface area contributed by atoms with Gasteiger partial charge in [0.1, 0.15) is 17.2 Å². The third-order valence-corrected chi connectivity index (χ3v) is 8.53. The van der Waals surface area contributed by atoms with Gasteiger partial charge in [-0.3, -0.25) is 10.2 Å². The molecule has 1 aliphatic rings. The minimum Gasteiger partial charge on any atom is -0.497 e. The highest BCUT2D eigenvalue weighted by Crippen LogP contribution is 2.45. The average Bonchev–Trinajstić information content (AvgIpc) is 3.51. The van der Waals surface area contributed by atoms with E-state index in [1.807, 2.05) is 42.5 Å². The molecule has 4 aromatic carbocycles. The smallest absolute Gasteiger partial charge is 0.266 e. The molecule has 0 aromatic heterocycles. The van der Waals surface area contributed by atoms with Gasteiger partial charge in [0.25, 0.3) is 5.91 Å². The number of nitrogens with one attached hydrogen (secondary N) is 2. The summed E-state index contributed by atoms with van der Waals surface area (Å²) in [6, 6.07) is 27.4. The summed E-state index contributed by atoms with van der Waals surface area (Å²) in [6.07, 6.45) is 0.243. The van der Waals surface area contributed by atoms with Crippen molar-refractivity contribution < 1.29 is 28.8 Å². The number of carbonyl (C=O) groups excluding carboxylic acids is 1. The quantitative estimate of drug-likeness (QED) is 0.0389. The summed E-state index contributed by atoms with van der Waals surface area (Å²) in [5, 5.41) is 13.0. The molecule has 0 aliphatic carbocycles. The molecule has 3 N–H and O–H groups in total. The van der Waals surface area contributed by atoms with Crippen LogP contribution in [0.2, 0.25) is 0 Å². The molecule has 0 spiro atoms. The van der Waals surface area contributed by atoms with Crippen LogP contribution in [0.15, 0.2) is 106 Å². The van der Waals surface area contributed by atoms with Crippen LogP contribution in [0, 0.1) is 0 Å². The van der Waals surface area contributed by atoms with Gasteiger partial charge in [0.05, 0.1) is 20.8 Å². The maximum atomic E-state index is 14.5. The number of carbonyl (C=O) groups is 1. The van der Waals surface area contributed by atoms with Gasteiger partial charge in [-0.05, 0) is 77.7 Å². The van der Waals surface area contributed by atoms with Crippen molar-refractivity contribution in [2.45, 2.75) is 30.9 Å². The molecule has 2 atom stereocenters. The molecule has 5 rings (SSSR count). The van der Waals surface area contributed by atoms with Gasteiger partial charge < -0.3 is 24.1 Å². The van der Waals surface area contributed by atoms with E-state index in [4.69, 9.17) is 29.0 Å². The van der Waals surface area contributed by atoms with E-state index in [0.29, 0.717) is 60.1 Å². The highest BCUT2D eigenvalue weighted by atomic mass is 79.9. The molecule has 13 heteroatoms. The van der Waals surface area contributed by atoms with Crippen molar-refractivity contribution in [2.24, 2.45) is 10.1 Å². The Balaban J connectivity index is 1.51. The zero-order valence-electron chi connectivity index (χ0n) is 27.1. The molecule has 0 saturated carbocycles. The van der Waals surface area contributed by atoms with Crippen molar-refractivity contribution in [3.05, 3.63) is 128 Å². The molecular formula is C36H37BrN6O6. The van der Waals surface area contributed by atoms with E-state index in [0.717, 1.165) is 15.6 Å². The Hall–Kier alpha value is -5.07. The zero-order chi connectivity index (χ0) is 34.6. The van der Waals surface area contributed by atoms with Gasteiger partial charge >= 0.3 is 0 Å².